The number of nitriles is 1. The highest BCUT2D eigenvalue weighted by Crippen LogP contribution is 2.08. The number of tetrazole rings is 1. The molecule has 1 N–H and O–H groups in total. The third-order valence-corrected chi connectivity index (χ3v) is 2.21. The first kappa shape index (κ1) is 9.55. The van der Waals surface area contributed by atoms with Crippen LogP contribution in [0, 0.1) is 16.1 Å². The second kappa shape index (κ2) is 4.02. The molecule has 0 spiro atoms. The fourth-order valence-corrected chi connectivity index (χ4v) is 1.41. The van der Waals surface area contributed by atoms with E-state index < -0.39 is 0 Å². The Kier molecular flexibility index (Phi) is 2.56. The van der Waals surface area contributed by atoms with Crippen LogP contribution in [0.3, 0.4) is 0 Å². The highest BCUT2D eigenvalue weighted by atomic mass is 32.1. The van der Waals surface area contributed by atoms with E-state index in [2.05, 4.69) is 21.6 Å². The fourth-order valence-electron chi connectivity index (χ4n) is 1.22. The van der Waals surface area contributed by atoms with Crippen LogP contribution in [0.15, 0.2) is 24.3 Å². The van der Waals surface area contributed by atoms with E-state index in [0.717, 1.165) is 11.3 Å². The fraction of sp³-hybridized carbons (Fsp3) is 0.111. The number of benzene rings is 1. The molecule has 2 aromatic rings. The van der Waals surface area contributed by atoms with Crippen molar-refractivity contribution in [3.63, 3.8) is 0 Å². The van der Waals surface area contributed by atoms with Crippen LogP contribution in [0.5, 0.6) is 0 Å². The second-order valence-corrected chi connectivity index (χ2v) is 3.28. The van der Waals surface area contributed by atoms with Crippen molar-refractivity contribution >= 4 is 12.2 Å². The maximum absolute atomic E-state index is 8.52. The molecule has 1 heterocycles. The number of rotatable bonds is 2. The first-order valence-corrected chi connectivity index (χ1v) is 4.68. The number of aromatic amines is 1. The van der Waals surface area contributed by atoms with Crippen LogP contribution in [0.4, 0.5) is 0 Å². The minimum Gasteiger partial charge on any atom is -0.210 e. The predicted molar refractivity (Wildman–Crippen MR) is 55.9 cm³/mol. The number of aromatic nitrogens is 4. The van der Waals surface area contributed by atoms with Gasteiger partial charge < -0.3 is 0 Å². The van der Waals surface area contributed by atoms with Crippen molar-refractivity contribution in [1.82, 2.24) is 20.2 Å². The summed E-state index contributed by atoms with van der Waals surface area (Å²) < 4.78 is 1.97. The van der Waals surface area contributed by atoms with Gasteiger partial charge in [-0.25, -0.2) is 4.68 Å². The number of hydrogen-bond donors (Lipinski definition) is 1. The maximum Gasteiger partial charge on any atom is 0.242 e. The van der Waals surface area contributed by atoms with Gasteiger partial charge >= 0.3 is 0 Å². The number of hydrogen-bond acceptors (Lipinski definition) is 4. The summed E-state index contributed by atoms with van der Waals surface area (Å²) in [6.45, 7) is 0. The van der Waals surface area contributed by atoms with Gasteiger partial charge in [-0.05, 0) is 29.9 Å². The van der Waals surface area contributed by atoms with Gasteiger partial charge in [-0.2, -0.15) is 10.5 Å². The van der Waals surface area contributed by atoms with Gasteiger partial charge in [0.05, 0.1) is 18.2 Å². The Hall–Kier alpha value is -2.00. The summed E-state index contributed by atoms with van der Waals surface area (Å²) >= 11 is 4.96. The van der Waals surface area contributed by atoms with Crippen molar-refractivity contribution in [1.29, 1.82) is 5.26 Å². The molecule has 0 amide bonds. The summed E-state index contributed by atoms with van der Waals surface area (Å²) in [5.41, 5.74) is 1.83. The number of H-pyrrole nitrogens is 1. The summed E-state index contributed by atoms with van der Waals surface area (Å²) in [5.74, 6) is 0. The molecule has 1 aromatic carbocycles. The van der Waals surface area contributed by atoms with E-state index in [1.807, 2.05) is 24.3 Å². The zero-order valence-electron chi connectivity index (χ0n) is 7.71. The van der Waals surface area contributed by atoms with Crippen molar-refractivity contribution < 1.29 is 0 Å². The first-order chi connectivity index (χ1) is 7.31. The third kappa shape index (κ3) is 1.92. The molecule has 0 aliphatic heterocycles. The molecule has 0 saturated carbocycles. The topological polar surface area (TPSA) is 70.3 Å². The highest BCUT2D eigenvalue weighted by Gasteiger charge is 1.99. The summed E-state index contributed by atoms with van der Waals surface area (Å²) in [4.78, 5) is 0. The third-order valence-electron chi connectivity index (χ3n) is 1.95. The predicted octanol–water partition coefficient (Wildman–Crippen LogP) is 1.39. The number of nitrogens with zero attached hydrogens (tertiary/aromatic N) is 4. The normalized spacial score (nSPS) is 9.80. The lowest BCUT2D eigenvalue weighted by Gasteiger charge is -2.00. The monoisotopic (exact) mass is 217 g/mol. The molecule has 0 saturated heterocycles. The molecule has 0 radical (unpaired) electrons. The lowest BCUT2D eigenvalue weighted by atomic mass is 10.1. The van der Waals surface area contributed by atoms with E-state index in [-0.39, 0.29) is 0 Å². The van der Waals surface area contributed by atoms with Crippen molar-refractivity contribution in [2.75, 3.05) is 0 Å². The van der Waals surface area contributed by atoms with E-state index in [0.29, 0.717) is 11.2 Å². The van der Waals surface area contributed by atoms with Crippen LogP contribution >= 0.6 is 12.2 Å². The van der Waals surface area contributed by atoms with Gasteiger partial charge in [0.1, 0.15) is 0 Å². The lowest BCUT2D eigenvalue weighted by molar-refractivity contribution is 0.785. The molecule has 5 nitrogen and oxygen atoms in total. The molecule has 15 heavy (non-hydrogen) atoms. The van der Waals surface area contributed by atoms with Gasteiger partial charge in [-0.3, -0.25) is 0 Å². The van der Waals surface area contributed by atoms with E-state index in [9.17, 15) is 0 Å². The van der Waals surface area contributed by atoms with Crippen LogP contribution in [-0.2, 0) is 6.42 Å². The summed E-state index contributed by atoms with van der Waals surface area (Å²) in [5, 5.41) is 18.4. The SMILES string of the molecule is N#CCc1ccc(-n2[nH]nnc2=S)cc1. The molecule has 0 aliphatic carbocycles. The van der Waals surface area contributed by atoms with Crippen molar-refractivity contribution in [2.24, 2.45) is 0 Å². The quantitative estimate of drug-likeness (QED) is 0.772. The molecule has 74 valence electrons. The lowest BCUT2D eigenvalue weighted by Crippen LogP contribution is -1.96. The van der Waals surface area contributed by atoms with Crippen LogP contribution in [-0.4, -0.2) is 20.2 Å². The Morgan fingerprint density at radius 3 is 2.67 bits per heavy atom. The van der Waals surface area contributed by atoms with Crippen LogP contribution in [0.25, 0.3) is 5.69 Å². The molecule has 6 heteroatoms. The van der Waals surface area contributed by atoms with Crippen LogP contribution in [0.2, 0.25) is 0 Å². The molecule has 0 bridgehead atoms. The van der Waals surface area contributed by atoms with Gasteiger partial charge in [0.2, 0.25) is 4.77 Å². The van der Waals surface area contributed by atoms with Gasteiger partial charge in [-0.1, -0.05) is 22.4 Å². The molecule has 2 rings (SSSR count). The molecular formula is C9H7N5S. The van der Waals surface area contributed by atoms with E-state index in [1.54, 1.807) is 4.68 Å². The zero-order valence-corrected chi connectivity index (χ0v) is 8.53. The summed E-state index contributed by atoms with van der Waals surface area (Å²) in [7, 11) is 0. The van der Waals surface area contributed by atoms with Crippen molar-refractivity contribution in [2.45, 2.75) is 6.42 Å². The molecule has 0 unspecified atom stereocenters. The molecular weight excluding hydrogens is 210 g/mol. The van der Waals surface area contributed by atoms with E-state index >= 15 is 0 Å². The minimum absolute atomic E-state index is 0.378. The van der Waals surface area contributed by atoms with Gasteiger partial charge in [0, 0.05) is 0 Å². The second-order valence-electron chi connectivity index (χ2n) is 2.92. The summed E-state index contributed by atoms with van der Waals surface area (Å²) in [6, 6.07) is 9.57. The average molecular weight is 217 g/mol. The average Bonchev–Trinajstić information content (AvgIpc) is 2.66. The number of nitrogens with one attached hydrogen (secondary N) is 1. The van der Waals surface area contributed by atoms with Crippen molar-refractivity contribution in [3.05, 3.63) is 34.6 Å². The van der Waals surface area contributed by atoms with Gasteiger partial charge in [0.25, 0.3) is 0 Å². The highest BCUT2D eigenvalue weighted by molar-refractivity contribution is 7.71. The van der Waals surface area contributed by atoms with Gasteiger partial charge in [-0.15, -0.1) is 0 Å². The molecule has 0 aliphatic rings. The standard InChI is InChI=1S/C9H7N5S/c10-6-5-7-1-3-8(4-2-7)14-9(15)11-12-13-14/h1-4H,5H2,(H,11,13,15). The Labute approximate surface area is 91.0 Å². The van der Waals surface area contributed by atoms with Gasteiger partial charge in [0.15, 0.2) is 0 Å². The Morgan fingerprint density at radius 1 is 1.40 bits per heavy atom. The first-order valence-electron chi connectivity index (χ1n) is 4.27. The maximum atomic E-state index is 8.52. The Morgan fingerprint density at radius 2 is 2.13 bits per heavy atom. The molecule has 0 atom stereocenters. The molecule has 1 aromatic heterocycles. The largest absolute Gasteiger partial charge is 0.242 e. The van der Waals surface area contributed by atoms with Crippen LogP contribution < -0.4 is 0 Å². The Bertz CT molecular complexity index is 545. The van der Waals surface area contributed by atoms with E-state index in [1.165, 1.54) is 0 Å². The minimum atomic E-state index is 0.378. The van der Waals surface area contributed by atoms with E-state index in [4.69, 9.17) is 17.5 Å². The Balaban J connectivity index is 2.37. The summed E-state index contributed by atoms with van der Waals surface area (Å²) in [6.07, 6.45) is 0.410. The molecule has 0 fully saturated rings. The smallest absolute Gasteiger partial charge is 0.210 e. The van der Waals surface area contributed by atoms with Crippen molar-refractivity contribution in [3.8, 4) is 11.8 Å². The zero-order chi connectivity index (χ0) is 10.7. The van der Waals surface area contributed by atoms with Crippen LogP contribution in [0.1, 0.15) is 5.56 Å².